The normalized spacial score (nSPS) is 12.1. The molecule has 0 atom stereocenters. The zero-order valence-corrected chi connectivity index (χ0v) is 13.4. The van der Waals surface area contributed by atoms with E-state index in [4.69, 9.17) is 0 Å². The average molecular weight is 270 g/mol. The summed E-state index contributed by atoms with van der Waals surface area (Å²) in [6.45, 7) is 14.6. The van der Waals surface area contributed by atoms with Crippen molar-refractivity contribution < 1.29 is 0 Å². The molecule has 0 fully saturated rings. The van der Waals surface area contributed by atoms with E-state index in [1.165, 1.54) is 17.5 Å². The van der Waals surface area contributed by atoms with Gasteiger partial charge in [0.2, 0.25) is 0 Å². The molecule has 0 amide bonds. The molecule has 1 N–H and O–H groups in total. The lowest BCUT2D eigenvalue weighted by atomic mass is 9.81. The summed E-state index contributed by atoms with van der Waals surface area (Å²) in [5, 5.41) is 3.67. The molecule has 1 nitrogen and oxygen atoms in total. The molecule has 0 aliphatic heterocycles. The zero-order chi connectivity index (χ0) is 13.1. The van der Waals surface area contributed by atoms with Crippen molar-refractivity contribution in [1.82, 2.24) is 5.32 Å². The van der Waals surface area contributed by atoms with E-state index in [0.717, 1.165) is 6.54 Å². The van der Waals surface area contributed by atoms with Gasteiger partial charge >= 0.3 is 0 Å². The smallest absolute Gasteiger partial charge is 0.0213 e. The van der Waals surface area contributed by atoms with E-state index in [9.17, 15) is 0 Å². The van der Waals surface area contributed by atoms with Crippen molar-refractivity contribution in [3.8, 4) is 0 Å². The maximum absolute atomic E-state index is 3.67. The first-order valence-corrected chi connectivity index (χ1v) is 6.49. The number of halogens is 1. The molecule has 0 aliphatic carbocycles. The minimum atomic E-state index is 0. The van der Waals surface area contributed by atoms with E-state index in [-0.39, 0.29) is 17.9 Å². The van der Waals surface area contributed by atoms with Crippen LogP contribution in [0.5, 0.6) is 0 Å². The molecular formula is C16H28ClN. The van der Waals surface area contributed by atoms with Gasteiger partial charge in [-0.05, 0) is 43.7 Å². The summed E-state index contributed by atoms with van der Waals surface area (Å²) < 4.78 is 0. The van der Waals surface area contributed by atoms with Gasteiger partial charge in [0, 0.05) is 12.1 Å². The van der Waals surface area contributed by atoms with Crippen LogP contribution >= 0.6 is 12.4 Å². The van der Waals surface area contributed by atoms with Gasteiger partial charge in [-0.3, -0.25) is 0 Å². The van der Waals surface area contributed by atoms with Crippen LogP contribution in [0.3, 0.4) is 0 Å². The van der Waals surface area contributed by atoms with Crippen LogP contribution in [0, 0.1) is 12.3 Å². The van der Waals surface area contributed by atoms with Gasteiger partial charge in [0.05, 0.1) is 0 Å². The van der Waals surface area contributed by atoms with Crippen molar-refractivity contribution in [2.24, 2.45) is 5.41 Å². The maximum atomic E-state index is 3.67. The fourth-order valence-corrected chi connectivity index (χ4v) is 2.53. The van der Waals surface area contributed by atoms with E-state index in [1.807, 2.05) is 0 Å². The molecule has 0 heterocycles. The lowest BCUT2D eigenvalue weighted by molar-refractivity contribution is 0.240. The zero-order valence-electron chi connectivity index (χ0n) is 12.6. The van der Waals surface area contributed by atoms with Crippen molar-refractivity contribution in [2.45, 2.75) is 60.0 Å². The van der Waals surface area contributed by atoms with Gasteiger partial charge in [-0.1, -0.05) is 45.0 Å². The fourth-order valence-electron chi connectivity index (χ4n) is 2.53. The largest absolute Gasteiger partial charge is 0.308 e. The molecule has 0 saturated heterocycles. The third-order valence-electron chi connectivity index (χ3n) is 2.99. The van der Waals surface area contributed by atoms with E-state index in [2.05, 4.69) is 71.1 Å². The first-order valence-electron chi connectivity index (χ1n) is 6.49. The first kappa shape index (κ1) is 17.5. The molecule has 2 heteroatoms. The highest BCUT2D eigenvalue weighted by Gasteiger charge is 2.24. The van der Waals surface area contributed by atoms with Crippen molar-refractivity contribution in [3.63, 3.8) is 0 Å². The van der Waals surface area contributed by atoms with Crippen molar-refractivity contribution in [3.05, 3.63) is 35.4 Å². The highest BCUT2D eigenvalue weighted by atomic mass is 35.5. The molecule has 1 aromatic rings. The Balaban J connectivity index is 0.00000289. The molecule has 0 saturated carbocycles. The molecule has 0 aromatic heterocycles. The monoisotopic (exact) mass is 269 g/mol. The molecule has 0 unspecified atom stereocenters. The van der Waals surface area contributed by atoms with Crippen LogP contribution in [0.25, 0.3) is 0 Å². The van der Waals surface area contributed by atoms with Crippen LogP contribution in [-0.4, -0.2) is 5.54 Å². The summed E-state index contributed by atoms with van der Waals surface area (Å²) in [5.41, 5.74) is 3.31. The lowest BCUT2D eigenvalue weighted by Crippen LogP contribution is -2.41. The van der Waals surface area contributed by atoms with Crippen LogP contribution in [-0.2, 0) is 6.54 Å². The third kappa shape index (κ3) is 6.42. The second-order valence-corrected chi connectivity index (χ2v) is 6.90. The Bertz CT molecular complexity index is 364. The van der Waals surface area contributed by atoms with E-state index < -0.39 is 0 Å². The Morgan fingerprint density at radius 3 is 2.06 bits per heavy atom. The van der Waals surface area contributed by atoms with Crippen LogP contribution in [0.1, 0.15) is 52.2 Å². The van der Waals surface area contributed by atoms with Gasteiger partial charge in [-0.15, -0.1) is 12.4 Å². The molecule has 1 rings (SSSR count). The maximum Gasteiger partial charge on any atom is 0.0213 e. The number of hydrogen-bond acceptors (Lipinski definition) is 1. The minimum Gasteiger partial charge on any atom is -0.308 e. The highest BCUT2D eigenvalue weighted by Crippen LogP contribution is 2.27. The van der Waals surface area contributed by atoms with Gasteiger partial charge in [-0.2, -0.15) is 0 Å². The SMILES string of the molecule is Cc1ccccc1CNC(C)(C)CC(C)(C)C.Cl. The quantitative estimate of drug-likeness (QED) is 0.834. The molecule has 0 bridgehead atoms. The van der Waals surface area contributed by atoms with Gasteiger partial charge in [0.15, 0.2) is 0 Å². The third-order valence-corrected chi connectivity index (χ3v) is 2.99. The standard InChI is InChI=1S/C16H27N.ClH/c1-13-9-7-8-10-14(13)11-17-16(5,6)12-15(2,3)4;/h7-10,17H,11-12H2,1-6H3;1H. The number of benzene rings is 1. The Labute approximate surface area is 119 Å². The van der Waals surface area contributed by atoms with Crippen LogP contribution < -0.4 is 5.32 Å². The van der Waals surface area contributed by atoms with Gasteiger partial charge in [0.25, 0.3) is 0 Å². The molecule has 1 aromatic carbocycles. The van der Waals surface area contributed by atoms with Gasteiger partial charge < -0.3 is 5.32 Å². The van der Waals surface area contributed by atoms with Crippen molar-refractivity contribution in [1.29, 1.82) is 0 Å². The fraction of sp³-hybridized carbons (Fsp3) is 0.625. The van der Waals surface area contributed by atoms with Crippen LogP contribution in [0.2, 0.25) is 0 Å². The Morgan fingerprint density at radius 1 is 1.00 bits per heavy atom. The summed E-state index contributed by atoms with van der Waals surface area (Å²) in [5.74, 6) is 0. The van der Waals surface area contributed by atoms with Gasteiger partial charge in [-0.25, -0.2) is 0 Å². The topological polar surface area (TPSA) is 12.0 Å². The van der Waals surface area contributed by atoms with Gasteiger partial charge in [0.1, 0.15) is 0 Å². The summed E-state index contributed by atoms with van der Waals surface area (Å²) in [7, 11) is 0. The Kier molecular flexibility index (Phi) is 6.39. The summed E-state index contributed by atoms with van der Waals surface area (Å²) in [6.07, 6.45) is 1.17. The summed E-state index contributed by atoms with van der Waals surface area (Å²) in [4.78, 5) is 0. The lowest BCUT2D eigenvalue weighted by Gasteiger charge is -2.33. The van der Waals surface area contributed by atoms with Crippen LogP contribution in [0.4, 0.5) is 0 Å². The van der Waals surface area contributed by atoms with E-state index in [0.29, 0.717) is 5.41 Å². The second kappa shape index (κ2) is 6.58. The van der Waals surface area contributed by atoms with Crippen molar-refractivity contribution >= 4 is 12.4 Å². The molecule has 0 radical (unpaired) electrons. The van der Waals surface area contributed by atoms with Crippen LogP contribution in [0.15, 0.2) is 24.3 Å². The molecule has 0 aliphatic rings. The number of rotatable bonds is 4. The summed E-state index contributed by atoms with van der Waals surface area (Å²) >= 11 is 0. The molecular weight excluding hydrogens is 242 g/mol. The Morgan fingerprint density at radius 2 is 1.56 bits per heavy atom. The molecule has 0 spiro atoms. The molecule has 18 heavy (non-hydrogen) atoms. The summed E-state index contributed by atoms with van der Waals surface area (Å²) in [6, 6.07) is 8.59. The molecule has 104 valence electrons. The number of hydrogen-bond donors (Lipinski definition) is 1. The average Bonchev–Trinajstić information content (AvgIpc) is 2.13. The Hall–Kier alpha value is -0.530. The first-order chi connectivity index (χ1) is 7.70. The predicted molar refractivity (Wildman–Crippen MR) is 83.4 cm³/mol. The highest BCUT2D eigenvalue weighted by molar-refractivity contribution is 5.85. The number of nitrogens with one attached hydrogen (secondary N) is 1. The predicted octanol–water partition coefficient (Wildman–Crippen LogP) is 4.72. The van der Waals surface area contributed by atoms with E-state index >= 15 is 0 Å². The van der Waals surface area contributed by atoms with E-state index in [1.54, 1.807) is 0 Å². The number of aryl methyl sites for hydroxylation is 1. The van der Waals surface area contributed by atoms with Crippen molar-refractivity contribution in [2.75, 3.05) is 0 Å². The second-order valence-electron chi connectivity index (χ2n) is 6.90. The minimum absolute atomic E-state index is 0.